The second-order valence-corrected chi connectivity index (χ2v) is 7.18. The summed E-state index contributed by atoms with van der Waals surface area (Å²) in [6, 6.07) is 6.25. The van der Waals surface area contributed by atoms with Crippen molar-refractivity contribution < 1.29 is 27.5 Å². The Bertz CT molecular complexity index is 874. The molecule has 0 fully saturated rings. The van der Waals surface area contributed by atoms with Gasteiger partial charge in [0.2, 0.25) is 10.0 Å². The fraction of sp³-hybridized carbons (Fsp3) is 0.250. The van der Waals surface area contributed by atoms with Crippen molar-refractivity contribution in [3.8, 4) is 0 Å². The van der Waals surface area contributed by atoms with Gasteiger partial charge in [-0.1, -0.05) is 6.07 Å². The van der Waals surface area contributed by atoms with Crippen molar-refractivity contribution in [1.29, 1.82) is 0 Å². The number of amides is 1. The number of carboxylic acids is 1. The molecule has 9 heteroatoms. The van der Waals surface area contributed by atoms with E-state index in [1.165, 1.54) is 31.4 Å². The average molecular weight is 366 g/mol. The van der Waals surface area contributed by atoms with Gasteiger partial charge < -0.3 is 14.8 Å². The molecular weight excluding hydrogens is 348 g/mol. The molecule has 0 unspecified atom stereocenters. The zero-order valence-corrected chi connectivity index (χ0v) is 14.5. The number of benzene rings is 1. The van der Waals surface area contributed by atoms with Crippen molar-refractivity contribution >= 4 is 21.9 Å². The Hall–Kier alpha value is -2.65. The molecular formula is C16H18N2O6S. The van der Waals surface area contributed by atoms with Crippen molar-refractivity contribution in [3.05, 3.63) is 53.5 Å². The normalized spacial score (nSPS) is 12.6. The summed E-state index contributed by atoms with van der Waals surface area (Å²) in [6.07, 6.45) is 1.43. The predicted octanol–water partition coefficient (Wildman–Crippen LogP) is 1.27. The van der Waals surface area contributed by atoms with Gasteiger partial charge in [-0.2, -0.15) is 0 Å². The molecule has 134 valence electrons. The molecule has 8 nitrogen and oxygen atoms in total. The standard InChI is InChI=1S/C16H18N2O6S/c1-10-5-6-13(8-14(10)15(19)18-11(2)16(20)21)25(22,23)17-9-12-4-3-7-24-12/h3-8,11,17H,9H2,1-2H3,(H,18,19)(H,20,21)/t11-/m1/s1. The summed E-state index contributed by atoms with van der Waals surface area (Å²) in [5, 5.41) is 11.2. The summed E-state index contributed by atoms with van der Waals surface area (Å²) in [7, 11) is -3.86. The molecule has 0 radical (unpaired) electrons. The molecule has 1 atom stereocenters. The highest BCUT2D eigenvalue weighted by atomic mass is 32.2. The van der Waals surface area contributed by atoms with Gasteiger partial charge in [0.1, 0.15) is 11.8 Å². The number of hydrogen-bond acceptors (Lipinski definition) is 5. The molecule has 0 saturated heterocycles. The first-order valence-electron chi connectivity index (χ1n) is 7.37. The Balaban J connectivity index is 2.22. The maximum Gasteiger partial charge on any atom is 0.325 e. The first kappa shape index (κ1) is 18.7. The van der Waals surface area contributed by atoms with E-state index in [9.17, 15) is 18.0 Å². The second-order valence-electron chi connectivity index (χ2n) is 5.41. The number of aliphatic carboxylic acids is 1. The third-order valence-corrected chi connectivity index (χ3v) is 4.90. The number of carbonyl (C=O) groups is 2. The highest BCUT2D eigenvalue weighted by Gasteiger charge is 2.20. The van der Waals surface area contributed by atoms with Crippen LogP contribution in [0.25, 0.3) is 0 Å². The van der Waals surface area contributed by atoms with Crippen LogP contribution in [0.4, 0.5) is 0 Å². The van der Waals surface area contributed by atoms with E-state index in [2.05, 4.69) is 10.0 Å². The largest absolute Gasteiger partial charge is 0.480 e. The molecule has 1 aromatic heterocycles. The minimum Gasteiger partial charge on any atom is -0.480 e. The van der Waals surface area contributed by atoms with Gasteiger partial charge in [0, 0.05) is 5.56 Å². The van der Waals surface area contributed by atoms with E-state index in [1.807, 2.05) is 0 Å². The number of nitrogens with one attached hydrogen (secondary N) is 2. The van der Waals surface area contributed by atoms with Crippen LogP contribution in [0.5, 0.6) is 0 Å². The minimum absolute atomic E-state index is 0.0270. The highest BCUT2D eigenvalue weighted by molar-refractivity contribution is 7.89. The number of furan rings is 1. The Kier molecular flexibility index (Phi) is 5.60. The lowest BCUT2D eigenvalue weighted by Crippen LogP contribution is -2.38. The molecule has 0 spiro atoms. The molecule has 0 bridgehead atoms. The third-order valence-electron chi connectivity index (χ3n) is 3.50. The quantitative estimate of drug-likeness (QED) is 0.677. The molecule has 2 aromatic rings. The number of aryl methyl sites for hydroxylation is 1. The maximum absolute atomic E-state index is 12.4. The summed E-state index contributed by atoms with van der Waals surface area (Å²) in [5.41, 5.74) is 0.619. The molecule has 0 aliphatic rings. The van der Waals surface area contributed by atoms with Gasteiger partial charge in [-0.15, -0.1) is 0 Å². The zero-order chi connectivity index (χ0) is 18.6. The van der Waals surface area contributed by atoms with Crippen LogP contribution in [-0.2, 0) is 21.4 Å². The van der Waals surface area contributed by atoms with E-state index in [1.54, 1.807) is 19.1 Å². The van der Waals surface area contributed by atoms with Crippen molar-refractivity contribution in [2.75, 3.05) is 0 Å². The molecule has 0 aliphatic heterocycles. The monoisotopic (exact) mass is 366 g/mol. The van der Waals surface area contributed by atoms with Gasteiger partial charge in [0.25, 0.3) is 5.91 Å². The van der Waals surface area contributed by atoms with Crippen molar-refractivity contribution in [2.24, 2.45) is 0 Å². The summed E-state index contributed by atoms with van der Waals surface area (Å²) in [6.45, 7) is 2.93. The smallest absolute Gasteiger partial charge is 0.325 e. The molecule has 1 aromatic carbocycles. The Labute approximate surface area is 144 Å². The molecule has 25 heavy (non-hydrogen) atoms. The van der Waals surface area contributed by atoms with Crippen molar-refractivity contribution in [3.63, 3.8) is 0 Å². The number of carboxylic acid groups (broad SMARTS) is 1. The van der Waals surface area contributed by atoms with Gasteiger partial charge in [-0.25, -0.2) is 13.1 Å². The van der Waals surface area contributed by atoms with E-state index in [0.717, 1.165) is 0 Å². The molecule has 3 N–H and O–H groups in total. The highest BCUT2D eigenvalue weighted by Crippen LogP contribution is 2.16. The summed E-state index contributed by atoms with van der Waals surface area (Å²) >= 11 is 0. The topological polar surface area (TPSA) is 126 Å². The molecule has 0 saturated carbocycles. The molecule has 1 heterocycles. The number of carbonyl (C=O) groups excluding carboxylic acids is 1. The van der Waals surface area contributed by atoms with Gasteiger partial charge >= 0.3 is 5.97 Å². The molecule has 0 aliphatic carbocycles. The lowest BCUT2D eigenvalue weighted by Gasteiger charge is -2.13. The van der Waals surface area contributed by atoms with Gasteiger partial charge in [0.15, 0.2) is 0 Å². The first-order chi connectivity index (χ1) is 11.7. The van der Waals surface area contributed by atoms with E-state index in [4.69, 9.17) is 9.52 Å². The number of hydrogen-bond donors (Lipinski definition) is 3. The zero-order valence-electron chi connectivity index (χ0n) is 13.6. The minimum atomic E-state index is -3.86. The Morgan fingerprint density at radius 1 is 1.28 bits per heavy atom. The number of sulfonamides is 1. The fourth-order valence-electron chi connectivity index (χ4n) is 2.01. The lowest BCUT2D eigenvalue weighted by atomic mass is 10.1. The van der Waals surface area contributed by atoms with Crippen LogP contribution in [-0.4, -0.2) is 31.4 Å². The molecule has 1 amide bonds. The van der Waals surface area contributed by atoms with Crippen LogP contribution in [0.3, 0.4) is 0 Å². The summed E-state index contributed by atoms with van der Waals surface area (Å²) in [5.74, 6) is -1.39. The SMILES string of the molecule is Cc1ccc(S(=O)(=O)NCc2ccco2)cc1C(=O)N[C@H](C)C(=O)O. The van der Waals surface area contributed by atoms with E-state index >= 15 is 0 Å². The van der Waals surface area contributed by atoms with Crippen molar-refractivity contribution in [1.82, 2.24) is 10.0 Å². The van der Waals surface area contributed by atoms with Crippen LogP contribution in [0.1, 0.15) is 28.6 Å². The fourth-order valence-corrected chi connectivity index (χ4v) is 3.03. The van der Waals surface area contributed by atoms with Crippen LogP contribution < -0.4 is 10.0 Å². The Morgan fingerprint density at radius 3 is 2.60 bits per heavy atom. The van der Waals surface area contributed by atoms with Gasteiger partial charge in [0.05, 0.1) is 17.7 Å². The third kappa shape index (κ3) is 4.68. The van der Waals surface area contributed by atoms with E-state index in [-0.39, 0.29) is 17.0 Å². The first-order valence-corrected chi connectivity index (χ1v) is 8.85. The average Bonchev–Trinajstić information content (AvgIpc) is 3.06. The van der Waals surface area contributed by atoms with Crippen LogP contribution >= 0.6 is 0 Å². The van der Waals surface area contributed by atoms with Gasteiger partial charge in [-0.05, 0) is 43.7 Å². The summed E-state index contributed by atoms with van der Waals surface area (Å²) in [4.78, 5) is 22.9. The van der Waals surface area contributed by atoms with Crippen LogP contribution in [0.15, 0.2) is 45.9 Å². The lowest BCUT2D eigenvalue weighted by molar-refractivity contribution is -0.138. The van der Waals surface area contributed by atoms with Crippen LogP contribution in [0, 0.1) is 6.92 Å². The maximum atomic E-state index is 12.4. The van der Waals surface area contributed by atoms with Gasteiger partial charge in [-0.3, -0.25) is 9.59 Å². The predicted molar refractivity (Wildman–Crippen MR) is 88.5 cm³/mol. The van der Waals surface area contributed by atoms with E-state index < -0.39 is 27.9 Å². The number of rotatable bonds is 7. The van der Waals surface area contributed by atoms with Crippen LogP contribution in [0.2, 0.25) is 0 Å². The van der Waals surface area contributed by atoms with E-state index in [0.29, 0.717) is 11.3 Å². The second kappa shape index (κ2) is 7.49. The van der Waals surface area contributed by atoms with Crippen molar-refractivity contribution in [2.45, 2.75) is 31.3 Å². The molecule has 2 rings (SSSR count). The Morgan fingerprint density at radius 2 is 2.00 bits per heavy atom. The summed E-state index contributed by atoms with van der Waals surface area (Å²) < 4.78 is 32.2.